The van der Waals surface area contributed by atoms with Crippen molar-refractivity contribution in [3.8, 4) is 5.75 Å². The van der Waals surface area contributed by atoms with E-state index in [0.29, 0.717) is 5.75 Å². The highest BCUT2D eigenvalue weighted by molar-refractivity contribution is 5.90. The Balaban J connectivity index is 0.000000557. The summed E-state index contributed by atoms with van der Waals surface area (Å²) in [6, 6.07) is 6.62. The first-order valence-corrected chi connectivity index (χ1v) is 4.75. The number of hydrogen-bond acceptors (Lipinski definition) is 3. The van der Waals surface area contributed by atoms with Crippen molar-refractivity contribution in [2.75, 3.05) is 0 Å². The molecule has 0 heterocycles. The molecule has 6 nitrogen and oxygen atoms in total. The van der Waals surface area contributed by atoms with E-state index in [0.717, 1.165) is 0 Å². The summed E-state index contributed by atoms with van der Waals surface area (Å²) in [6.07, 6.45) is -1.85. The topological polar surface area (TPSA) is 104 Å². The maximum Gasteiger partial charge on any atom is 0.503 e. The van der Waals surface area contributed by atoms with Crippen LogP contribution in [0.5, 0.6) is 5.75 Å². The quantitative estimate of drug-likeness (QED) is 0.751. The van der Waals surface area contributed by atoms with Gasteiger partial charge in [0.05, 0.1) is 6.10 Å². The minimum Gasteiger partial charge on any atom is -0.490 e. The number of carbonyl (C=O) groups is 2. The molecule has 0 unspecified atom stereocenters. The predicted molar refractivity (Wildman–Crippen MR) is 59.8 cm³/mol. The third-order valence-corrected chi connectivity index (χ3v) is 1.48. The molecule has 0 bridgehead atoms. The Morgan fingerprint density at radius 3 is 2.00 bits per heavy atom. The molecule has 0 amide bonds. The molecular formula is C11H14O6. The molecule has 0 fully saturated rings. The van der Waals surface area contributed by atoms with E-state index in [2.05, 4.69) is 0 Å². The van der Waals surface area contributed by atoms with Crippen LogP contribution < -0.4 is 4.74 Å². The zero-order valence-corrected chi connectivity index (χ0v) is 9.45. The Morgan fingerprint density at radius 2 is 1.59 bits per heavy atom. The van der Waals surface area contributed by atoms with Gasteiger partial charge in [0.2, 0.25) is 0 Å². The van der Waals surface area contributed by atoms with Gasteiger partial charge in [0.15, 0.2) is 0 Å². The van der Waals surface area contributed by atoms with Crippen molar-refractivity contribution in [3.05, 3.63) is 29.8 Å². The van der Waals surface area contributed by atoms with Crippen molar-refractivity contribution < 1.29 is 29.6 Å². The third-order valence-electron chi connectivity index (χ3n) is 1.48. The van der Waals surface area contributed by atoms with Gasteiger partial charge in [0, 0.05) is 0 Å². The fourth-order valence-corrected chi connectivity index (χ4v) is 1.00. The number of benzene rings is 1. The average molecular weight is 242 g/mol. The van der Waals surface area contributed by atoms with Crippen molar-refractivity contribution in [3.63, 3.8) is 0 Å². The smallest absolute Gasteiger partial charge is 0.490 e. The lowest BCUT2D eigenvalue weighted by molar-refractivity contribution is 0.0690. The first-order valence-electron chi connectivity index (χ1n) is 4.75. The molecule has 0 atom stereocenters. The van der Waals surface area contributed by atoms with Gasteiger partial charge in [-0.15, -0.1) is 0 Å². The number of carboxylic acid groups (broad SMARTS) is 3. The van der Waals surface area contributed by atoms with E-state index in [-0.39, 0.29) is 11.7 Å². The summed E-state index contributed by atoms with van der Waals surface area (Å²) in [7, 11) is 0. The molecule has 1 aromatic carbocycles. The molecule has 0 saturated heterocycles. The van der Waals surface area contributed by atoms with Gasteiger partial charge in [-0.1, -0.05) is 12.1 Å². The number of hydrogen-bond donors (Lipinski definition) is 3. The molecule has 0 aliphatic heterocycles. The summed E-state index contributed by atoms with van der Waals surface area (Å²) in [4.78, 5) is 19.3. The van der Waals surface area contributed by atoms with Gasteiger partial charge < -0.3 is 20.1 Å². The fourth-order valence-electron chi connectivity index (χ4n) is 1.00. The molecular weight excluding hydrogens is 228 g/mol. The lowest BCUT2D eigenvalue weighted by Crippen LogP contribution is -2.09. The maximum absolute atomic E-state index is 10.7. The summed E-state index contributed by atoms with van der Waals surface area (Å²) in [5, 5.41) is 22.7. The zero-order chi connectivity index (χ0) is 13.4. The standard InChI is InChI=1S/C10H12O3.CH2O3/c1-7(2)13-9-6-4-3-5-8(9)10(11)12;2-1(3)4/h3-7H,1-2H3,(H,11,12);(H2,2,3,4). The molecule has 6 heteroatoms. The van der Waals surface area contributed by atoms with Crippen LogP contribution >= 0.6 is 0 Å². The molecule has 0 aliphatic carbocycles. The number of aromatic carboxylic acids is 1. The lowest BCUT2D eigenvalue weighted by Gasteiger charge is -2.11. The molecule has 0 radical (unpaired) electrons. The van der Waals surface area contributed by atoms with Gasteiger partial charge in [-0.25, -0.2) is 9.59 Å². The second kappa shape index (κ2) is 7.10. The van der Waals surface area contributed by atoms with Gasteiger partial charge in [-0.2, -0.15) is 0 Å². The van der Waals surface area contributed by atoms with Crippen LogP contribution in [0.2, 0.25) is 0 Å². The van der Waals surface area contributed by atoms with Crippen LogP contribution in [0, 0.1) is 0 Å². The Morgan fingerprint density at radius 1 is 1.12 bits per heavy atom. The molecule has 17 heavy (non-hydrogen) atoms. The van der Waals surface area contributed by atoms with E-state index < -0.39 is 12.1 Å². The number of carboxylic acids is 1. The van der Waals surface area contributed by atoms with E-state index in [9.17, 15) is 4.79 Å². The Bertz CT molecular complexity index is 381. The van der Waals surface area contributed by atoms with Crippen molar-refractivity contribution in [2.24, 2.45) is 0 Å². The van der Waals surface area contributed by atoms with Gasteiger partial charge in [0.1, 0.15) is 11.3 Å². The van der Waals surface area contributed by atoms with Crippen molar-refractivity contribution in [2.45, 2.75) is 20.0 Å². The van der Waals surface area contributed by atoms with Crippen LogP contribution in [0.1, 0.15) is 24.2 Å². The summed E-state index contributed by atoms with van der Waals surface area (Å²) >= 11 is 0. The summed E-state index contributed by atoms with van der Waals surface area (Å²) < 4.78 is 5.33. The highest BCUT2D eigenvalue weighted by Gasteiger charge is 2.10. The molecule has 0 spiro atoms. The largest absolute Gasteiger partial charge is 0.503 e. The van der Waals surface area contributed by atoms with Gasteiger partial charge in [-0.3, -0.25) is 0 Å². The fraction of sp³-hybridized carbons (Fsp3) is 0.273. The first-order chi connectivity index (χ1) is 7.84. The van der Waals surface area contributed by atoms with Crippen LogP contribution in [0.4, 0.5) is 4.79 Å². The van der Waals surface area contributed by atoms with E-state index in [1.54, 1.807) is 18.2 Å². The highest BCUT2D eigenvalue weighted by atomic mass is 16.6. The Kier molecular flexibility index (Phi) is 6.17. The van der Waals surface area contributed by atoms with Crippen molar-refractivity contribution in [1.29, 1.82) is 0 Å². The number of rotatable bonds is 3. The average Bonchev–Trinajstić information content (AvgIpc) is 2.16. The number of para-hydroxylation sites is 1. The van der Waals surface area contributed by atoms with E-state index in [4.69, 9.17) is 24.9 Å². The molecule has 0 aliphatic rings. The van der Waals surface area contributed by atoms with Crippen LogP contribution in [0.15, 0.2) is 24.3 Å². The summed E-state index contributed by atoms with van der Waals surface area (Å²) in [5.74, 6) is -0.541. The van der Waals surface area contributed by atoms with Gasteiger partial charge in [0.25, 0.3) is 0 Å². The third kappa shape index (κ3) is 6.77. The SMILES string of the molecule is CC(C)Oc1ccccc1C(=O)O.O=C(O)O. The molecule has 3 N–H and O–H groups in total. The van der Waals surface area contributed by atoms with Crippen molar-refractivity contribution >= 4 is 12.1 Å². The van der Waals surface area contributed by atoms with Crippen molar-refractivity contribution in [1.82, 2.24) is 0 Å². The molecule has 0 saturated carbocycles. The lowest BCUT2D eigenvalue weighted by atomic mass is 10.2. The van der Waals surface area contributed by atoms with Crippen LogP contribution in [0.3, 0.4) is 0 Å². The van der Waals surface area contributed by atoms with Crippen LogP contribution in [-0.2, 0) is 0 Å². The maximum atomic E-state index is 10.7. The van der Waals surface area contributed by atoms with Gasteiger partial charge in [-0.05, 0) is 26.0 Å². The second-order valence-corrected chi connectivity index (χ2v) is 3.25. The van der Waals surface area contributed by atoms with E-state index >= 15 is 0 Å². The number of ether oxygens (including phenoxy) is 1. The minimum atomic E-state index is -1.83. The highest BCUT2D eigenvalue weighted by Crippen LogP contribution is 2.18. The van der Waals surface area contributed by atoms with Crippen LogP contribution in [-0.4, -0.2) is 33.5 Å². The summed E-state index contributed by atoms with van der Waals surface area (Å²) in [6.45, 7) is 3.72. The normalized spacial score (nSPS) is 9.12. The monoisotopic (exact) mass is 242 g/mol. The van der Waals surface area contributed by atoms with Gasteiger partial charge >= 0.3 is 12.1 Å². The van der Waals surface area contributed by atoms with E-state index in [1.807, 2.05) is 13.8 Å². The Labute approximate surface area is 98.1 Å². The Hall–Kier alpha value is -2.24. The van der Waals surface area contributed by atoms with E-state index in [1.165, 1.54) is 6.07 Å². The minimum absolute atomic E-state index is 0.0134. The summed E-state index contributed by atoms with van der Waals surface area (Å²) in [5.41, 5.74) is 0.205. The first kappa shape index (κ1) is 14.8. The molecule has 94 valence electrons. The zero-order valence-electron chi connectivity index (χ0n) is 9.45. The molecule has 0 aromatic heterocycles. The molecule has 1 rings (SSSR count). The second-order valence-electron chi connectivity index (χ2n) is 3.25. The predicted octanol–water partition coefficient (Wildman–Crippen LogP) is 2.39. The molecule has 1 aromatic rings. The van der Waals surface area contributed by atoms with Crippen LogP contribution in [0.25, 0.3) is 0 Å².